The SMILES string of the molecule is COc1ccc(N2C(=O)C(n3cc(C=O)c4ccccc43)C2c2ccc(C#N)cc2)cc1. The summed E-state index contributed by atoms with van der Waals surface area (Å²) in [7, 11) is 1.60. The highest BCUT2D eigenvalue weighted by molar-refractivity contribution is 6.06. The van der Waals surface area contributed by atoms with Gasteiger partial charge in [0, 0.05) is 28.4 Å². The number of fused-ring (bicyclic) bond motifs is 1. The van der Waals surface area contributed by atoms with Crippen molar-refractivity contribution in [2.45, 2.75) is 12.1 Å². The second-order valence-corrected chi connectivity index (χ2v) is 7.66. The molecule has 156 valence electrons. The number of carbonyl (C=O) groups excluding carboxylic acids is 2. The van der Waals surface area contributed by atoms with E-state index >= 15 is 0 Å². The third-order valence-corrected chi connectivity index (χ3v) is 6.00. The summed E-state index contributed by atoms with van der Waals surface area (Å²) in [6, 6.07) is 23.5. The van der Waals surface area contributed by atoms with Gasteiger partial charge in [0.05, 0.1) is 24.8 Å². The van der Waals surface area contributed by atoms with E-state index in [1.54, 1.807) is 30.3 Å². The number of nitrogens with zero attached hydrogens (tertiary/aromatic N) is 3. The number of ether oxygens (including phenoxy) is 1. The van der Waals surface area contributed by atoms with Crippen LogP contribution >= 0.6 is 0 Å². The molecule has 0 spiro atoms. The van der Waals surface area contributed by atoms with Gasteiger partial charge in [0.1, 0.15) is 11.8 Å². The van der Waals surface area contributed by atoms with Crippen molar-refractivity contribution in [2.24, 2.45) is 0 Å². The molecule has 2 unspecified atom stereocenters. The Morgan fingerprint density at radius 2 is 1.69 bits per heavy atom. The predicted octanol–water partition coefficient (Wildman–Crippen LogP) is 4.66. The molecule has 6 heteroatoms. The number of β-lactam (4-membered cyclic amide) rings is 1. The Balaban J connectivity index is 1.64. The first-order chi connectivity index (χ1) is 15.7. The number of aromatic nitrogens is 1. The van der Waals surface area contributed by atoms with Gasteiger partial charge in [0.2, 0.25) is 0 Å². The van der Waals surface area contributed by atoms with Crippen LogP contribution in [0.2, 0.25) is 0 Å². The summed E-state index contributed by atoms with van der Waals surface area (Å²) in [5, 5.41) is 9.99. The van der Waals surface area contributed by atoms with Crippen molar-refractivity contribution in [3.63, 3.8) is 0 Å². The van der Waals surface area contributed by atoms with Gasteiger partial charge in [-0.25, -0.2) is 0 Å². The number of rotatable bonds is 5. The van der Waals surface area contributed by atoms with Gasteiger partial charge in [-0.1, -0.05) is 30.3 Å². The molecule has 5 rings (SSSR count). The van der Waals surface area contributed by atoms with Crippen LogP contribution in [0.3, 0.4) is 0 Å². The van der Waals surface area contributed by atoms with E-state index in [4.69, 9.17) is 4.74 Å². The molecular weight excluding hydrogens is 402 g/mol. The molecule has 2 heterocycles. The fourth-order valence-electron chi connectivity index (χ4n) is 4.42. The van der Waals surface area contributed by atoms with E-state index in [-0.39, 0.29) is 11.9 Å². The van der Waals surface area contributed by atoms with Crippen LogP contribution in [0.1, 0.15) is 33.6 Å². The molecule has 0 bridgehead atoms. The quantitative estimate of drug-likeness (QED) is 0.347. The molecule has 1 aliphatic heterocycles. The van der Waals surface area contributed by atoms with Gasteiger partial charge in [0.25, 0.3) is 5.91 Å². The number of para-hydroxylation sites is 1. The lowest BCUT2D eigenvalue weighted by Gasteiger charge is -2.48. The fraction of sp³-hybridized carbons (Fsp3) is 0.115. The third kappa shape index (κ3) is 2.95. The lowest BCUT2D eigenvalue weighted by atomic mass is 9.87. The van der Waals surface area contributed by atoms with Gasteiger partial charge in [-0.15, -0.1) is 0 Å². The Kier molecular flexibility index (Phi) is 4.72. The summed E-state index contributed by atoms with van der Waals surface area (Å²) in [6.07, 6.45) is 2.57. The number of carbonyl (C=O) groups is 2. The molecule has 0 saturated carbocycles. The van der Waals surface area contributed by atoms with Crippen LogP contribution in [0.4, 0.5) is 5.69 Å². The van der Waals surface area contributed by atoms with Gasteiger partial charge in [-0.2, -0.15) is 5.26 Å². The fourth-order valence-corrected chi connectivity index (χ4v) is 4.42. The molecule has 3 aromatic carbocycles. The van der Waals surface area contributed by atoms with Gasteiger partial charge < -0.3 is 14.2 Å². The minimum absolute atomic E-state index is 0.0669. The minimum Gasteiger partial charge on any atom is -0.497 e. The van der Waals surface area contributed by atoms with Crippen LogP contribution < -0.4 is 9.64 Å². The maximum atomic E-state index is 13.5. The van der Waals surface area contributed by atoms with Crippen molar-refractivity contribution in [1.82, 2.24) is 4.57 Å². The molecule has 0 radical (unpaired) electrons. The number of nitriles is 1. The highest BCUT2D eigenvalue weighted by Crippen LogP contribution is 2.48. The second-order valence-electron chi connectivity index (χ2n) is 7.66. The molecule has 6 nitrogen and oxygen atoms in total. The van der Waals surface area contributed by atoms with Crippen LogP contribution in [0.5, 0.6) is 5.75 Å². The zero-order valence-electron chi connectivity index (χ0n) is 17.3. The number of aldehydes is 1. The zero-order chi connectivity index (χ0) is 22.2. The predicted molar refractivity (Wildman–Crippen MR) is 121 cm³/mol. The van der Waals surface area contributed by atoms with Crippen molar-refractivity contribution in [2.75, 3.05) is 12.0 Å². The number of hydrogen-bond donors (Lipinski definition) is 0. The van der Waals surface area contributed by atoms with E-state index in [9.17, 15) is 14.9 Å². The maximum absolute atomic E-state index is 13.5. The van der Waals surface area contributed by atoms with Crippen LogP contribution in [-0.2, 0) is 4.79 Å². The summed E-state index contributed by atoms with van der Waals surface area (Å²) in [6.45, 7) is 0. The van der Waals surface area contributed by atoms with Gasteiger partial charge >= 0.3 is 0 Å². The van der Waals surface area contributed by atoms with E-state index in [0.29, 0.717) is 16.9 Å². The van der Waals surface area contributed by atoms with E-state index in [1.807, 2.05) is 65.2 Å². The molecule has 2 atom stereocenters. The Labute approximate surface area is 184 Å². The molecule has 1 saturated heterocycles. The molecule has 32 heavy (non-hydrogen) atoms. The number of benzene rings is 3. The van der Waals surface area contributed by atoms with E-state index in [2.05, 4.69) is 6.07 Å². The highest BCUT2D eigenvalue weighted by Gasteiger charge is 2.50. The Morgan fingerprint density at radius 1 is 0.969 bits per heavy atom. The van der Waals surface area contributed by atoms with Crippen molar-refractivity contribution in [3.05, 3.63) is 95.7 Å². The topological polar surface area (TPSA) is 75.3 Å². The first-order valence-electron chi connectivity index (χ1n) is 10.2. The van der Waals surface area contributed by atoms with Crippen LogP contribution in [-0.4, -0.2) is 23.9 Å². The Morgan fingerprint density at radius 3 is 2.34 bits per heavy atom. The summed E-state index contributed by atoms with van der Waals surface area (Å²) < 4.78 is 7.14. The van der Waals surface area contributed by atoms with Gasteiger partial charge in [0.15, 0.2) is 6.29 Å². The molecule has 4 aromatic rings. The summed E-state index contributed by atoms with van der Waals surface area (Å²) >= 11 is 0. The molecule has 0 N–H and O–H groups in total. The standard InChI is InChI=1S/C26H19N3O3/c1-32-21-12-10-20(11-13-21)29-24(18-8-6-17(14-27)7-9-18)25(26(29)31)28-15-19(16-30)22-4-2-3-5-23(22)28/h2-13,15-16,24-25H,1H3. The van der Waals surface area contributed by atoms with Gasteiger partial charge in [-0.05, 0) is 48.0 Å². The first kappa shape index (κ1) is 19.6. The first-order valence-corrected chi connectivity index (χ1v) is 10.2. The van der Waals surface area contributed by atoms with Crippen LogP contribution in [0, 0.1) is 11.3 Å². The number of amides is 1. The van der Waals surface area contributed by atoms with E-state index in [1.165, 1.54) is 0 Å². The zero-order valence-corrected chi connectivity index (χ0v) is 17.3. The van der Waals surface area contributed by atoms with Crippen molar-refractivity contribution in [3.8, 4) is 11.8 Å². The lowest BCUT2D eigenvalue weighted by Crippen LogP contribution is -2.55. The van der Waals surface area contributed by atoms with E-state index < -0.39 is 6.04 Å². The molecule has 1 aliphatic rings. The lowest BCUT2D eigenvalue weighted by molar-refractivity contribution is -0.129. The van der Waals surface area contributed by atoms with Crippen LogP contribution in [0.25, 0.3) is 10.9 Å². The summed E-state index contributed by atoms with van der Waals surface area (Å²) in [4.78, 5) is 26.9. The molecule has 1 fully saturated rings. The third-order valence-electron chi connectivity index (χ3n) is 6.00. The van der Waals surface area contributed by atoms with Crippen molar-refractivity contribution < 1.29 is 14.3 Å². The van der Waals surface area contributed by atoms with E-state index in [0.717, 1.165) is 28.4 Å². The summed E-state index contributed by atoms with van der Waals surface area (Å²) in [5.74, 6) is 0.642. The van der Waals surface area contributed by atoms with Crippen molar-refractivity contribution >= 4 is 28.8 Å². The van der Waals surface area contributed by atoms with Crippen molar-refractivity contribution in [1.29, 1.82) is 5.26 Å². The molecule has 1 aromatic heterocycles. The smallest absolute Gasteiger partial charge is 0.253 e. The van der Waals surface area contributed by atoms with Gasteiger partial charge in [-0.3, -0.25) is 9.59 Å². The second kappa shape index (κ2) is 7.71. The number of hydrogen-bond acceptors (Lipinski definition) is 4. The number of methoxy groups -OCH3 is 1. The Hall–Kier alpha value is -4.37. The number of anilines is 1. The monoisotopic (exact) mass is 421 g/mol. The molecule has 0 aliphatic carbocycles. The summed E-state index contributed by atoms with van der Waals surface area (Å²) in [5.41, 5.74) is 3.61. The Bertz CT molecular complexity index is 1360. The molecule has 1 amide bonds. The highest BCUT2D eigenvalue weighted by atomic mass is 16.5. The molecular formula is C26H19N3O3. The minimum atomic E-state index is -0.511. The average Bonchev–Trinajstić information content (AvgIpc) is 3.21. The maximum Gasteiger partial charge on any atom is 0.253 e. The normalized spacial score (nSPS) is 17.6. The average molecular weight is 421 g/mol. The largest absolute Gasteiger partial charge is 0.497 e. The van der Waals surface area contributed by atoms with Crippen LogP contribution in [0.15, 0.2) is 79.0 Å².